The lowest BCUT2D eigenvalue weighted by Gasteiger charge is -2.15. The number of halogens is 4. The summed E-state index contributed by atoms with van der Waals surface area (Å²) in [5.41, 5.74) is -0.359. The maximum Gasteiger partial charge on any atom is 0.405 e. The smallest absolute Gasteiger partial charge is 0.376 e. The van der Waals surface area contributed by atoms with Crippen molar-refractivity contribution in [2.75, 3.05) is 30.7 Å². The van der Waals surface area contributed by atoms with Crippen molar-refractivity contribution < 1.29 is 26.0 Å². The second kappa shape index (κ2) is 5.83. The molecule has 1 aromatic rings. The molecule has 0 aliphatic heterocycles. The number of nitrogens with one attached hydrogen (secondary N) is 2. The van der Waals surface area contributed by atoms with E-state index in [-0.39, 0.29) is 11.4 Å². The minimum Gasteiger partial charge on any atom is -0.376 e. The Hall–Kier alpha value is -1.55. The molecule has 2 N–H and O–H groups in total. The Bertz CT molecular complexity index is 572. The van der Waals surface area contributed by atoms with Gasteiger partial charge in [0.1, 0.15) is 12.4 Å². The summed E-state index contributed by atoms with van der Waals surface area (Å²) in [5, 5.41) is 1.97. The molecule has 0 aliphatic carbocycles. The maximum atomic E-state index is 13.3. The van der Waals surface area contributed by atoms with Crippen LogP contribution < -0.4 is 10.0 Å². The van der Waals surface area contributed by atoms with E-state index in [4.69, 9.17) is 0 Å². The fourth-order valence-electron chi connectivity index (χ4n) is 1.19. The normalized spacial score (nSPS) is 12.6. The first-order valence-corrected chi connectivity index (χ1v) is 6.75. The highest BCUT2D eigenvalue weighted by Crippen LogP contribution is 2.22. The van der Waals surface area contributed by atoms with Crippen molar-refractivity contribution in [2.24, 2.45) is 0 Å². The molecule has 5 nitrogen and oxygen atoms in total. The van der Waals surface area contributed by atoms with Crippen LogP contribution in [0.15, 0.2) is 18.2 Å². The van der Waals surface area contributed by atoms with Gasteiger partial charge in [-0.15, -0.1) is 0 Å². The molecule has 0 saturated heterocycles. The van der Waals surface area contributed by atoms with Crippen LogP contribution in [0.2, 0.25) is 0 Å². The van der Waals surface area contributed by atoms with Crippen molar-refractivity contribution >= 4 is 21.6 Å². The van der Waals surface area contributed by atoms with Crippen LogP contribution in [0.3, 0.4) is 0 Å². The number of anilines is 2. The summed E-state index contributed by atoms with van der Waals surface area (Å²) in [6.07, 6.45) is -4.46. The molecule has 0 spiro atoms. The summed E-state index contributed by atoms with van der Waals surface area (Å²) in [6.45, 7) is -1.35. The number of hydrogen-bond acceptors (Lipinski definition) is 3. The molecule has 10 heteroatoms. The first-order valence-electron chi connectivity index (χ1n) is 5.31. The standard InChI is InChI=1S/C10H13F4N3O2S/c1-17(2)20(18,19)16-9-4-7(11)3-8(5-9)15-6-10(12,13)14/h3-5,15-16H,6H2,1-2H3. The van der Waals surface area contributed by atoms with Gasteiger partial charge in [0, 0.05) is 19.8 Å². The molecule has 0 heterocycles. The molecule has 0 saturated carbocycles. The average Bonchev–Trinajstić information content (AvgIpc) is 2.23. The largest absolute Gasteiger partial charge is 0.405 e. The minimum atomic E-state index is -4.46. The van der Waals surface area contributed by atoms with E-state index in [1.807, 2.05) is 10.0 Å². The molecular formula is C10H13F4N3O2S. The molecule has 0 unspecified atom stereocenters. The Balaban J connectivity index is 2.92. The number of alkyl halides is 3. The van der Waals surface area contributed by atoms with Gasteiger partial charge in [-0.05, 0) is 18.2 Å². The summed E-state index contributed by atoms with van der Waals surface area (Å²) in [4.78, 5) is 0. The molecule has 0 aromatic heterocycles. The second-order valence-electron chi connectivity index (χ2n) is 4.09. The van der Waals surface area contributed by atoms with Crippen molar-refractivity contribution in [3.63, 3.8) is 0 Å². The van der Waals surface area contributed by atoms with Gasteiger partial charge in [0.15, 0.2) is 0 Å². The van der Waals surface area contributed by atoms with Crippen LogP contribution in [0.5, 0.6) is 0 Å². The van der Waals surface area contributed by atoms with Crippen LogP contribution in [-0.2, 0) is 10.2 Å². The molecule has 0 radical (unpaired) electrons. The third-order valence-corrected chi connectivity index (χ3v) is 3.57. The zero-order chi connectivity index (χ0) is 15.6. The number of hydrogen-bond donors (Lipinski definition) is 2. The summed E-state index contributed by atoms with van der Waals surface area (Å²) in [6, 6.07) is 2.76. The number of nitrogens with zero attached hydrogens (tertiary/aromatic N) is 1. The first kappa shape index (κ1) is 16.5. The Morgan fingerprint density at radius 3 is 2.20 bits per heavy atom. The van der Waals surface area contributed by atoms with Crippen molar-refractivity contribution in [1.29, 1.82) is 0 Å². The molecule has 0 fully saturated rings. The van der Waals surface area contributed by atoms with Crippen molar-refractivity contribution in [3.05, 3.63) is 24.0 Å². The van der Waals surface area contributed by atoms with Gasteiger partial charge in [0.2, 0.25) is 0 Å². The van der Waals surface area contributed by atoms with Gasteiger partial charge in [-0.2, -0.15) is 25.9 Å². The van der Waals surface area contributed by atoms with E-state index in [0.717, 1.165) is 22.5 Å². The van der Waals surface area contributed by atoms with Crippen LogP contribution in [0.1, 0.15) is 0 Å². The minimum absolute atomic E-state index is 0.177. The molecule has 114 valence electrons. The van der Waals surface area contributed by atoms with Crippen LogP contribution >= 0.6 is 0 Å². The van der Waals surface area contributed by atoms with E-state index in [0.29, 0.717) is 0 Å². The van der Waals surface area contributed by atoms with E-state index in [9.17, 15) is 26.0 Å². The molecule has 0 amide bonds. The summed E-state index contributed by atoms with van der Waals surface area (Å²) in [7, 11) is -1.35. The first-order chi connectivity index (χ1) is 8.99. The lowest BCUT2D eigenvalue weighted by molar-refractivity contribution is -0.115. The van der Waals surface area contributed by atoms with Gasteiger partial charge < -0.3 is 5.32 Å². The van der Waals surface area contributed by atoms with Crippen LogP contribution in [0.4, 0.5) is 28.9 Å². The zero-order valence-corrected chi connectivity index (χ0v) is 11.4. The molecular weight excluding hydrogens is 302 g/mol. The Labute approximate surface area is 113 Å². The van der Waals surface area contributed by atoms with Gasteiger partial charge in [-0.1, -0.05) is 0 Å². The van der Waals surface area contributed by atoms with Crippen LogP contribution in [0.25, 0.3) is 0 Å². The summed E-state index contributed by atoms with van der Waals surface area (Å²) < 4.78 is 75.3. The predicted octanol–water partition coefficient (Wildman–Crippen LogP) is 2.02. The van der Waals surface area contributed by atoms with Gasteiger partial charge in [-0.3, -0.25) is 4.72 Å². The monoisotopic (exact) mass is 315 g/mol. The highest BCUT2D eigenvalue weighted by Gasteiger charge is 2.26. The van der Waals surface area contributed by atoms with E-state index in [1.54, 1.807) is 0 Å². The predicted molar refractivity (Wildman–Crippen MR) is 67.2 cm³/mol. The average molecular weight is 315 g/mol. The van der Waals surface area contributed by atoms with Crippen LogP contribution in [-0.4, -0.2) is 39.5 Å². The van der Waals surface area contributed by atoms with Crippen molar-refractivity contribution in [2.45, 2.75) is 6.18 Å². The van der Waals surface area contributed by atoms with Crippen molar-refractivity contribution in [1.82, 2.24) is 4.31 Å². The maximum absolute atomic E-state index is 13.3. The van der Waals surface area contributed by atoms with Gasteiger partial charge in [0.05, 0.1) is 5.69 Å². The lowest BCUT2D eigenvalue weighted by atomic mass is 10.2. The third kappa shape index (κ3) is 5.21. The quantitative estimate of drug-likeness (QED) is 0.817. The molecule has 0 bridgehead atoms. The van der Waals surface area contributed by atoms with Gasteiger partial charge >= 0.3 is 16.4 Å². The third-order valence-electron chi connectivity index (χ3n) is 2.12. The summed E-state index contributed by atoms with van der Waals surface area (Å²) >= 11 is 0. The summed E-state index contributed by atoms with van der Waals surface area (Å²) in [5.74, 6) is -0.867. The Morgan fingerprint density at radius 2 is 1.70 bits per heavy atom. The fraction of sp³-hybridized carbons (Fsp3) is 0.400. The van der Waals surface area contributed by atoms with E-state index in [2.05, 4.69) is 0 Å². The molecule has 0 atom stereocenters. The highest BCUT2D eigenvalue weighted by atomic mass is 32.2. The van der Waals surface area contributed by atoms with Gasteiger partial charge in [-0.25, -0.2) is 4.39 Å². The van der Waals surface area contributed by atoms with E-state index < -0.39 is 28.7 Å². The zero-order valence-electron chi connectivity index (χ0n) is 10.6. The second-order valence-corrected chi connectivity index (χ2v) is 5.97. The number of rotatable bonds is 5. The van der Waals surface area contributed by atoms with Crippen molar-refractivity contribution in [3.8, 4) is 0 Å². The fourth-order valence-corrected chi connectivity index (χ4v) is 1.79. The van der Waals surface area contributed by atoms with Crippen LogP contribution in [0, 0.1) is 5.82 Å². The lowest BCUT2D eigenvalue weighted by Crippen LogP contribution is -2.29. The topological polar surface area (TPSA) is 61.4 Å². The highest BCUT2D eigenvalue weighted by molar-refractivity contribution is 7.90. The van der Waals surface area contributed by atoms with E-state index >= 15 is 0 Å². The SMILES string of the molecule is CN(C)S(=O)(=O)Nc1cc(F)cc(NCC(F)(F)F)c1. The Morgan fingerprint density at radius 1 is 1.15 bits per heavy atom. The molecule has 20 heavy (non-hydrogen) atoms. The molecule has 1 rings (SSSR count). The number of benzene rings is 1. The van der Waals surface area contributed by atoms with Gasteiger partial charge in [0.25, 0.3) is 0 Å². The molecule has 0 aliphatic rings. The molecule has 1 aromatic carbocycles. The Kier molecular flexibility index (Phi) is 4.81. The van der Waals surface area contributed by atoms with E-state index in [1.165, 1.54) is 14.1 Å².